The molecule has 1 aromatic heterocycles. The summed E-state index contributed by atoms with van der Waals surface area (Å²) in [6.07, 6.45) is 0. The number of nitrogen functional groups attached to an aromatic ring is 1. The summed E-state index contributed by atoms with van der Waals surface area (Å²) in [6.45, 7) is 0.170. The molecule has 2 heterocycles. The van der Waals surface area contributed by atoms with Crippen molar-refractivity contribution in [2.24, 2.45) is 5.73 Å². The third kappa shape index (κ3) is 4.84. The molecule has 0 fully saturated rings. The third-order valence-corrected chi connectivity index (χ3v) is 6.30. The predicted molar refractivity (Wildman–Crippen MR) is 134 cm³/mol. The Morgan fingerprint density at radius 2 is 1.78 bits per heavy atom. The number of ether oxygens (including phenoxy) is 1. The highest BCUT2D eigenvalue weighted by atomic mass is 19.1. The molecule has 0 spiro atoms. The van der Waals surface area contributed by atoms with Crippen LogP contribution in [0.2, 0.25) is 0 Å². The Balaban J connectivity index is 1.52. The second-order valence-corrected chi connectivity index (χ2v) is 8.79. The van der Waals surface area contributed by atoms with Gasteiger partial charge in [-0.05, 0) is 52.1 Å². The van der Waals surface area contributed by atoms with E-state index in [1.807, 2.05) is 24.3 Å². The van der Waals surface area contributed by atoms with E-state index in [0.29, 0.717) is 40.7 Å². The Bertz CT molecular complexity index is 1500. The number of rotatable bonds is 6. The molecule has 37 heavy (non-hydrogen) atoms. The number of amides is 1. The van der Waals surface area contributed by atoms with E-state index in [4.69, 9.17) is 21.3 Å². The SMILES string of the molecule is Nc1nc(C(=O)N2Cc3ccccc3C2)c2cc(-c3cc(F)ccc3COC(=O)C(N)CO)ccc2n1. The van der Waals surface area contributed by atoms with Crippen LogP contribution in [0.4, 0.5) is 10.3 Å². The Hall–Kier alpha value is -4.41. The molecule has 0 radical (unpaired) electrons. The molecule has 0 aliphatic carbocycles. The van der Waals surface area contributed by atoms with E-state index < -0.39 is 24.4 Å². The van der Waals surface area contributed by atoms with Crippen molar-refractivity contribution < 1.29 is 23.8 Å². The van der Waals surface area contributed by atoms with E-state index in [1.54, 1.807) is 23.1 Å². The summed E-state index contributed by atoms with van der Waals surface area (Å²) in [5.74, 6) is -1.59. The molecule has 5 rings (SSSR count). The van der Waals surface area contributed by atoms with Crippen molar-refractivity contribution >= 4 is 28.7 Å². The van der Waals surface area contributed by atoms with Gasteiger partial charge in [0.1, 0.15) is 24.2 Å². The lowest BCUT2D eigenvalue weighted by atomic mass is 9.97. The number of hydrogen-bond donors (Lipinski definition) is 3. The van der Waals surface area contributed by atoms with Crippen molar-refractivity contribution in [3.05, 3.63) is 88.9 Å². The molecule has 5 N–H and O–H groups in total. The van der Waals surface area contributed by atoms with Crippen LogP contribution >= 0.6 is 0 Å². The first-order valence-electron chi connectivity index (χ1n) is 11.6. The number of fused-ring (bicyclic) bond motifs is 2. The van der Waals surface area contributed by atoms with Gasteiger partial charge in [0.15, 0.2) is 0 Å². The quantitative estimate of drug-likeness (QED) is 0.342. The van der Waals surface area contributed by atoms with Crippen LogP contribution in [0, 0.1) is 5.82 Å². The van der Waals surface area contributed by atoms with Crippen LogP contribution in [0.3, 0.4) is 0 Å². The van der Waals surface area contributed by atoms with Gasteiger partial charge in [-0.1, -0.05) is 36.4 Å². The van der Waals surface area contributed by atoms with Crippen LogP contribution < -0.4 is 11.5 Å². The van der Waals surface area contributed by atoms with Crippen molar-refractivity contribution in [1.29, 1.82) is 0 Å². The minimum Gasteiger partial charge on any atom is -0.460 e. The van der Waals surface area contributed by atoms with Crippen molar-refractivity contribution in [1.82, 2.24) is 14.9 Å². The second kappa shape index (κ2) is 9.92. The minimum atomic E-state index is -1.17. The molecule has 0 saturated heterocycles. The number of halogens is 1. The van der Waals surface area contributed by atoms with E-state index in [0.717, 1.165) is 11.1 Å². The van der Waals surface area contributed by atoms with E-state index in [2.05, 4.69) is 9.97 Å². The van der Waals surface area contributed by atoms with Gasteiger partial charge in [0.25, 0.3) is 5.91 Å². The lowest BCUT2D eigenvalue weighted by Gasteiger charge is -2.17. The fraction of sp³-hybridized carbons (Fsp3) is 0.185. The molecule has 1 unspecified atom stereocenters. The minimum absolute atomic E-state index is 0.0288. The van der Waals surface area contributed by atoms with Gasteiger partial charge in [-0.3, -0.25) is 9.59 Å². The monoisotopic (exact) mass is 501 g/mol. The van der Waals surface area contributed by atoms with Crippen molar-refractivity contribution in [2.45, 2.75) is 25.7 Å². The molecule has 9 nitrogen and oxygen atoms in total. The van der Waals surface area contributed by atoms with Crippen LogP contribution in [0.1, 0.15) is 27.2 Å². The number of benzene rings is 3. The summed E-state index contributed by atoms with van der Waals surface area (Å²) in [7, 11) is 0. The standard InChI is InChI=1S/C27H24FN5O4/c28-19-7-5-18(14-37-26(36)22(29)13-34)20(10-19)15-6-8-23-21(9-15)24(32-27(30)31-23)25(35)33-11-16-3-1-2-4-17(16)12-33/h1-10,22,34H,11-14,29H2,(H2,30,31,32). The van der Waals surface area contributed by atoms with E-state index in [1.165, 1.54) is 18.2 Å². The van der Waals surface area contributed by atoms with Crippen LogP contribution in [-0.4, -0.2) is 44.5 Å². The Morgan fingerprint density at radius 1 is 1.05 bits per heavy atom. The fourth-order valence-electron chi connectivity index (χ4n) is 4.38. The van der Waals surface area contributed by atoms with Gasteiger partial charge in [-0.2, -0.15) is 0 Å². The van der Waals surface area contributed by atoms with Gasteiger partial charge in [-0.15, -0.1) is 0 Å². The number of aliphatic hydroxyl groups excluding tert-OH is 1. The number of carbonyl (C=O) groups is 2. The first-order chi connectivity index (χ1) is 17.8. The van der Waals surface area contributed by atoms with Gasteiger partial charge in [-0.25, -0.2) is 14.4 Å². The van der Waals surface area contributed by atoms with Gasteiger partial charge in [0.2, 0.25) is 5.95 Å². The number of aliphatic hydroxyl groups is 1. The molecular formula is C27H24FN5O4. The molecule has 0 bridgehead atoms. The number of nitrogens with two attached hydrogens (primary N) is 2. The highest BCUT2D eigenvalue weighted by molar-refractivity contribution is 6.06. The summed E-state index contributed by atoms with van der Waals surface area (Å²) in [6, 6.07) is 15.8. The Labute approximate surface area is 211 Å². The normalized spacial score (nSPS) is 13.4. The molecule has 3 aromatic carbocycles. The third-order valence-electron chi connectivity index (χ3n) is 6.30. The van der Waals surface area contributed by atoms with Crippen molar-refractivity contribution in [3.8, 4) is 11.1 Å². The zero-order valence-corrected chi connectivity index (χ0v) is 19.7. The second-order valence-electron chi connectivity index (χ2n) is 8.79. The maximum Gasteiger partial charge on any atom is 0.325 e. The number of hydrogen-bond acceptors (Lipinski definition) is 8. The number of esters is 1. The highest BCUT2D eigenvalue weighted by Crippen LogP contribution is 2.31. The predicted octanol–water partition coefficient (Wildman–Crippen LogP) is 2.54. The molecule has 1 aliphatic heterocycles. The van der Waals surface area contributed by atoms with E-state index >= 15 is 0 Å². The molecular weight excluding hydrogens is 477 g/mol. The maximum atomic E-state index is 14.3. The Morgan fingerprint density at radius 3 is 2.49 bits per heavy atom. The molecule has 0 saturated carbocycles. The van der Waals surface area contributed by atoms with Crippen LogP contribution in [0.25, 0.3) is 22.0 Å². The van der Waals surface area contributed by atoms with E-state index in [-0.39, 0.29) is 24.2 Å². The van der Waals surface area contributed by atoms with Crippen molar-refractivity contribution in [2.75, 3.05) is 12.3 Å². The maximum absolute atomic E-state index is 14.3. The first-order valence-corrected chi connectivity index (χ1v) is 11.6. The summed E-state index contributed by atoms with van der Waals surface area (Å²) < 4.78 is 19.5. The summed E-state index contributed by atoms with van der Waals surface area (Å²) in [5, 5.41) is 9.53. The smallest absolute Gasteiger partial charge is 0.325 e. The molecule has 1 atom stereocenters. The number of anilines is 1. The molecule has 4 aromatic rings. The number of nitrogens with zero attached hydrogens (tertiary/aromatic N) is 3. The summed E-state index contributed by atoms with van der Waals surface area (Å²) in [5.41, 5.74) is 15.7. The van der Waals surface area contributed by atoms with Gasteiger partial charge >= 0.3 is 5.97 Å². The molecule has 1 amide bonds. The van der Waals surface area contributed by atoms with Gasteiger partial charge in [0.05, 0.1) is 12.1 Å². The zero-order chi connectivity index (χ0) is 26.1. The summed E-state index contributed by atoms with van der Waals surface area (Å²) >= 11 is 0. The lowest BCUT2D eigenvalue weighted by molar-refractivity contribution is -0.147. The van der Waals surface area contributed by atoms with Crippen LogP contribution in [0.15, 0.2) is 60.7 Å². The average molecular weight is 502 g/mol. The topological polar surface area (TPSA) is 145 Å². The molecule has 188 valence electrons. The van der Waals surface area contributed by atoms with E-state index in [9.17, 15) is 14.0 Å². The van der Waals surface area contributed by atoms with Gasteiger partial charge in [0, 0.05) is 18.5 Å². The van der Waals surface area contributed by atoms with Gasteiger partial charge < -0.3 is 26.2 Å². The highest BCUT2D eigenvalue weighted by Gasteiger charge is 2.27. The van der Waals surface area contributed by atoms with Crippen LogP contribution in [0.5, 0.6) is 0 Å². The summed E-state index contributed by atoms with van der Waals surface area (Å²) in [4.78, 5) is 35.7. The van der Waals surface area contributed by atoms with Crippen LogP contribution in [-0.2, 0) is 29.2 Å². The molecule has 10 heteroatoms. The number of carbonyl (C=O) groups excluding carboxylic acids is 2. The lowest BCUT2D eigenvalue weighted by Crippen LogP contribution is -2.35. The Kier molecular flexibility index (Phi) is 6.51. The molecule has 1 aliphatic rings. The largest absolute Gasteiger partial charge is 0.460 e. The van der Waals surface area contributed by atoms with Crippen molar-refractivity contribution in [3.63, 3.8) is 0 Å². The fourth-order valence-corrected chi connectivity index (χ4v) is 4.38. The first kappa shape index (κ1) is 24.3. The zero-order valence-electron chi connectivity index (χ0n) is 19.7. The number of aromatic nitrogens is 2. The average Bonchev–Trinajstić information content (AvgIpc) is 3.35.